The molecule has 0 bridgehead atoms. The topological polar surface area (TPSA) is 61.6 Å². The molecule has 106 valence electrons. The average Bonchev–Trinajstić information content (AvgIpc) is 2.89. The SMILES string of the molecule is Nc1ccc2sc(C(=O)OCC3CCCCO3)cc2c1. The zero-order chi connectivity index (χ0) is 13.9. The molecular weight excluding hydrogens is 274 g/mol. The van der Waals surface area contributed by atoms with Crippen LogP contribution in [0.25, 0.3) is 10.1 Å². The fourth-order valence-corrected chi connectivity index (χ4v) is 3.28. The van der Waals surface area contributed by atoms with E-state index < -0.39 is 0 Å². The first-order valence-electron chi connectivity index (χ1n) is 6.80. The molecule has 0 spiro atoms. The summed E-state index contributed by atoms with van der Waals surface area (Å²) in [5, 5.41) is 0.982. The van der Waals surface area contributed by atoms with E-state index in [1.54, 1.807) is 0 Å². The van der Waals surface area contributed by atoms with Crippen LogP contribution in [0.2, 0.25) is 0 Å². The molecule has 5 heteroatoms. The van der Waals surface area contributed by atoms with Gasteiger partial charge >= 0.3 is 5.97 Å². The Balaban J connectivity index is 1.65. The summed E-state index contributed by atoms with van der Waals surface area (Å²) in [5.74, 6) is -0.279. The summed E-state index contributed by atoms with van der Waals surface area (Å²) in [6.45, 7) is 1.11. The lowest BCUT2D eigenvalue weighted by atomic mass is 10.1. The molecule has 1 aliphatic heterocycles. The summed E-state index contributed by atoms with van der Waals surface area (Å²) in [5.41, 5.74) is 6.44. The number of nitrogen functional groups attached to an aromatic ring is 1. The number of benzene rings is 1. The number of rotatable bonds is 3. The van der Waals surface area contributed by atoms with Crippen LogP contribution in [0.4, 0.5) is 5.69 Å². The molecule has 1 saturated heterocycles. The highest BCUT2D eigenvalue weighted by molar-refractivity contribution is 7.20. The van der Waals surface area contributed by atoms with Gasteiger partial charge in [-0.1, -0.05) is 0 Å². The number of carbonyl (C=O) groups excluding carboxylic acids is 1. The van der Waals surface area contributed by atoms with Crippen LogP contribution in [0, 0.1) is 0 Å². The monoisotopic (exact) mass is 291 g/mol. The Morgan fingerprint density at radius 2 is 2.30 bits per heavy atom. The molecule has 2 N–H and O–H groups in total. The summed E-state index contributed by atoms with van der Waals surface area (Å²) in [4.78, 5) is 12.7. The van der Waals surface area contributed by atoms with Crippen molar-refractivity contribution in [3.8, 4) is 0 Å². The second-order valence-electron chi connectivity index (χ2n) is 4.99. The van der Waals surface area contributed by atoms with Crippen molar-refractivity contribution < 1.29 is 14.3 Å². The quantitative estimate of drug-likeness (QED) is 0.697. The normalized spacial score (nSPS) is 19.1. The summed E-state index contributed by atoms with van der Waals surface area (Å²) >= 11 is 1.43. The predicted octanol–water partition coefficient (Wildman–Crippen LogP) is 3.21. The number of anilines is 1. The molecule has 0 radical (unpaired) electrons. The van der Waals surface area contributed by atoms with E-state index >= 15 is 0 Å². The molecule has 2 heterocycles. The maximum Gasteiger partial charge on any atom is 0.348 e. The van der Waals surface area contributed by atoms with Crippen molar-refractivity contribution in [2.45, 2.75) is 25.4 Å². The summed E-state index contributed by atoms with van der Waals surface area (Å²) < 4.78 is 11.9. The number of esters is 1. The van der Waals surface area contributed by atoms with Gasteiger partial charge < -0.3 is 15.2 Å². The van der Waals surface area contributed by atoms with Crippen molar-refractivity contribution in [2.75, 3.05) is 18.9 Å². The Kier molecular flexibility index (Phi) is 3.89. The Hall–Kier alpha value is -1.59. The van der Waals surface area contributed by atoms with Crippen LogP contribution in [-0.4, -0.2) is 25.3 Å². The number of hydrogen-bond acceptors (Lipinski definition) is 5. The molecule has 0 amide bonds. The van der Waals surface area contributed by atoms with Gasteiger partial charge in [0.15, 0.2) is 0 Å². The van der Waals surface area contributed by atoms with Crippen LogP contribution in [0.3, 0.4) is 0 Å². The molecular formula is C15H17NO3S. The molecule has 0 saturated carbocycles. The maximum absolute atomic E-state index is 12.0. The Morgan fingerprint density at radius 1 is 1.40 bits per heavy atom. The van der Waals surface area contributed by atoms with E-state index in [1.807, 2.05) is 24.3 Å². The molecule has 1 aromatic carbocycles. The van der Waals surface area contributed by atoms with Gasteiger partial charge in [0.1, 0.15) is 11.5 Å². The summed E-state index contributed by atoms with van der Waals surface area (Å²) in [6.07, 6.45) is 3.26. The van der Waals surface area contributed by atoms with Gasteiger partial charge in [0, 0.05) is 17.0 Å². The predicted molar refractivity (Wildman–Crippen MR) is 80.1 cm³/mol. The average molecular weight is 291 g/mol. The van der Waals surface area contributed by atoms with Gasteiger partial charge in [-0.2, -0.15) is 0 Å². The van der Waals surface area contributed by atoms with Crippen molar-refractivity contribution in [3.05, 3.63) is 29.1 Å². The van der Waals surface area contributed by atoms with Crippen molar-refractivity contribution in [1.82, 2.24) is 0 Å². The number of fused-ring (bicyclic) bond motifs is 1. The number of nitrogens with two attached hydrogens (primary N) is 1. The summed E-state index contributed by atoms with van der Waals surface area (Å²) in [6, 6.07) is 7.47. The first-order chi connectivity index (χ1) is 9.72. The van der Waals surface area contributed by atoms with E-state index in [1.165, 1.54) is 11.3 Å². The number of thiophene rings is 1. The van der Waals surface area contributed by atoms with Crippen molar-refractivity contribution >= 4 is 33.1 Å². The van der Waals surface area contributed by atoms with E-state index in [-0.39, 0.29) is 12.1 Å². The Labute approximate surface area is 121 Å². The third-order valence-corrected chi connectivity index (χ3v) is 4.51. The molecule has 1 aliphatic rings. The van der Waals surface area contributed by atoms with Gasteiger partial charge in [-0.3, -0.25) is 0 Å². The fraction of sp³-hybridized carbons (Fsp3) is 0.400. The number of carbonyl (C=O) groups is 1. The third kappa shape index (κ3) is 2.94. The zero-order valence-corrected chi connectivity index (χ0v) is 11.9. The second kappa shape index (κ2) is 5.81. The lowest BCUT2D eigenvalue weighted by Gasteiger charge is -2.21. The Bertz CT molecular complexity index is 617. The third-order valence-electron chi connectivity index (χ3n) is 3.42. The largest absolute Gasteiger partial charge is 0.459 e. The van der Waals surface area contributed by atoms with Gasteiger partial charge in [-0.15, -0.1) is 11.3 Å². The molecule has 1 unspecified atom stereocenters. The molecule has 1 aromatic heterocycles. The minimum absolute atomic E-state index is 0.0534. The molecule has 1 fully saturated rings. The van der Waals surface area contributed by atoms with Crippen LogP contribution >= 0.6 is 11.3 Å². The fourth-order valence-electron chi connectivity index (χ4n) is 2.34. The summed E-state index contributed by atoms with van der Waals surface area (Å²) in [7, 11) is 0. The van der Waals surface area contributed by atoms with Gasteiger partial charge in [0.25, 0.3) is 0 Å². The number of hydrogen-bond donors (Lipinski definition) is 1. The van der Waals surface area contributed by atoms with Gasteiger partial charge in [-0.05, 0) is 48.9 Å². The van der Waals surface area contributed by atoms with E-state index in [9.17, 15) is 4.79 Å². The number of ether oxygens (including phenoxy) is 2. The minimum atomic E-state index is -0.279. The highest BCUT2D eigenvalue weighted by atomic mass is 32.1. The van der Waals surface area contributed by atoms with Crippen LogP contribution in [0.1, 0.15) is 28.9 Å². The zero-order valence-electron chi connectivity index (χ0n) is 11.1. The van der Waals surface area contributed by atoms with E-state index in [2.05, 4.69) is 0 Å². The van der Waals surface area contributed by atoms with Crippen LogP contribution in [-0.2, 0) is 9.47 Å². The molecule has 1 atom stereocenters. The van der Waals surface area contributed by atoms with Gasteiger partial charge in [0.05, 0.1) is 6.10 Å². The maximum atomic E-state index is 12.0. The second-order valence-corrected chi connectivity index (χ2v) is 6.08. The van der Waals surface area contributed by atoms with Crippen molar-refractivity contribution in [3.63, 3.8) is 0 Å². The molecule has 0 aliphatic carbocycles. The van der Waals surface area contributed by atoms with E-state index in [4.69, 9.17) is 15.2 Å². The molecule has 4 nitrogen and oxygen atoms in total. The minimum Gasteiger partial charge on any atom is -0.459 e. The van der Waals surface area contributed by atoms with Crippen molar-refractivity contribution in [2.24, 2.45) is 0 Å². The van der Waals surface area contributed by atoms with E-state index in [0.717, 1.165) is 36.0 Å². The Morgan fingerprint density at radius 3 is 3.10 bits per heavy atom. The lowest BCUT2D eigenvalue weighted by molar-refractivity contribution is -0.0298. The van der Waals surface area contributed by atoms with Crippen LogP contribution in [0.5, 0.6) is 0 Å². The highest BCUT2D eigenvalue weighted by Gasteiger charge is 2.18. The smallest absolute Gasteiger partial charge is 0.348 e. The van der Waals surface area contributed by atoms with Crippen LogP contribution < -0.4 is 5.73 Å². The standard InChI is InChI=1S/C15H17NO3S/c16-11-4-5-13-10(7-11)8-14(20-13)15(17)19-9-12-3-1-2-6-18-12/h4-5,7-8,12H,1-3,6,9,16H2. The molecule has 20 heavy (non-hydrogen) atoms. The van der Waals surface area contributed by atoms with Crippen molar-refractivity contribution in [1.29, 1.82) is 0 Å². The molecule has 2 aromatic rings. The lowest BCUT2D eigenvalue weighted by Crippen LogP contribution is -2.25. The van der Waals surface area contributed by atoms with Gasteiger partial charge in [-0.25, -0.2) is 4.79 Å². The first kappa shape index (κ1) is 13.4. The van der Waals surface area contributed by atoms with Crippen LogP contribution in [0.15, 0.2) is 24.3 Å². The highest BCUT2D eigenvalue weighted by Crippen LogP contribution is 2.28. The van der Waals surface area contributed by atoms with E-state index in [0.29, 0.717) is 17.2 Å². The molecule has 3 rings (SSSR count). The first-order valence-corrected chi connectivity index (χ1v) is 7.62. The van der Waals surface area contributed by atoms with Gasteiger partial charge in [0.2, 0.25) is 0 Å².